The SMILES string of the molecule is O=C(O)/C1=C/C2COC(=O)C2CCCC1. The van der Waals surface area contributed by atoms with Crippen molar-refractivity contribution in [2.24, 2.45) is 11.8 Å². The van der Waals surface area contributed by atoms with Gasteiger partial charge in [0.1, 0.15) is 0 Å². The molecule has 4 heteroatoms. The van der Waals surface area contributed by atoms with Crippen molar-refractivity contribution in [1.82, 2.24) is 0 Å². The molecule has 1 aliphatic heterocycles. The highest BCUT2D eigenvalue weighted by molar-refractivity contribution is 5.87. The number of ether oxygens (including phenoxy) is 1. The summed E-state index contributed by atoms with van der Waals surface area (Å²) in [6.07, 6.45) is 4.90. The lowest BCUT2D eigenvalue weighted by Gasteiger charge is -2.16. The molecule has 15 heavy (non-hydrogen) atoms. The van der Waals surface area contributed by atoms with Crippen LogP contribution in [0.3, 0.4) is 0 Å². The standard InChI is InChI=1S/C11H14O4/c12-10(13)7-3-1-2-4-9-8(5-7)6-15-11(9)14/h5,8-9H,1-4,6H2,(H,12,13)/b7-5+. The van der Waals surface area contributed by atoms with Gasteiger partial charge in [0.2, 0.25) is 0 Å². The molecule has 0 spiro atoms. The summed E-state index contributed by atoms with van der Waals surface area (Å²) >= 11 is 0. The van der Waals surface area contributed by atoms with Crippen LogP contribution >= 0.6 is 0 Å². The van der Waals surface area contributed by atoms with E-state index < -0.39 is 5.97 Å². The molecule has 1 aliphatic carbocycles. The molecule has 82 valence electrons. The monoisotopic (exact) mass is 210 g/mol. The molecule has 1 heterocycles. The molecule has 0 amide bonds. The summed E-state index contributed by atoms with van der Waals surface area (Å²) in [5.74, 6) is -1.17. The minimum Gasteiger partial charge on any atom is -0.478 e. The molecule has 1 saturated heterocycles. The first-order chi connectivity index (χ1) is 7.18. The number of aliphatic carboxylic acids is 1. The number of hydrogen-bond donors (Lipinski definition) is 1. The summed E-state index contributed by atoms with van der Waals surface area (Å²) in [6.45, 7) is 0.348. The highest BCUT2D eigenvalue weighted by Crippen LogP contribution is 2.32. The molecule has 0 aromatic heterocycles. The van der Waals surface area contributed by atoms with Crippen LogP contribution in [0.25, 0.3) is 0 Å². The smallest absolute Gasteiger partial charge is 0.331 e. The molecule has 2 aliphatic rings. The molecular formula is C11H14O4. The number of cyclic esters (lactones) is 1. The normalized spacial score (nSPS) is 34.4. The van der Waals surface area contributed by atoms with Crippen LogP contribution in [-0.2, 0) is 14.3 Å². The molecule has 2 atom stereocenters. The predicted molar refractivity (Wildman–Crippen MR) is 52.1 cm³/mol. The second-order valence-electron chi connectivity index (χ2n) is 4.14. The van der Waals surface area contributed by atoms with Gasteiger partial charge in [0.15, 0.2) is 0 Å². The Morgan fingerprint density at radius 2 is 2.27 bits per heavy atom. The number of carboxylic acids is 1. The molecule has 1 N–H and O–H groups in total. The van der Waals surface area contributed by atoms with Crippen LogP contribution in [0.15, 0.2) is 11.6 Å². The lowest BCUT2D eigenvalue weighted by atomic mass is 9.85. The van der Waals surface area contributed by atoms with Crippen molar-refractivity contribution in [3.05, 3.63) is 11.6 Å². The number of esters is 1. The Balaban J connectivity index is 2.22. The molecule has 0 radical (unpaired) electrons. The maximum atomic E-state index is 11.4. The number of carboxylic acid groups (broad SMARTS) is 1. The van der Waals surface area contributed by atoms with Gasteiger partial charge in [-0.25, -0.2) is 4.79 Å². The Kier molecular flexibility index (Phi) is 2.75. The zero-order valence-electron chi connectivity index (χ0n) is 8.44. The molecule has 4 nitrogen and oxygen atoms in total. The topological polar surface area (TPSA) is 63.6 Å². The third kappa shape index (κ3) is 2.03. The zero-order chi connectivity index (χ0) is 10.8. The van der Waals surface area contributed by atoms with E-state index in [-0.39, 0.29) is 17.8 Å². The quantitative estimate of drug-likeness (QED) is 0.664. The Hall–Kier alpha value is -1.32. The first-order valence-electron chi connectivity index (χ1n) is 5.29. The van der Waals surface area contributed by atoms with E-state index in [9.17, 15) is 9.59 Å². The van der Waals surface area contributed by atoms with Crippen molar-refractivity contribution in [1.29, 1.82) is 0 Å². The summed E-state index contributed by atoms with van der Waals surface area (Å²) in [5.41, 5.74) is 0.433. The summed E-state index contributed by atoms with van der Waals surface area (Å²) < 4.78 is 4.96. The van der Waals surface area contributed by atoms with Crippen molar-refractivity contribution in [2.75, 3.05) is 6.61 Å². The van der Waals surface area contributed by atoms with E-state index in [1.165, 1.54) is 0 Å². The minimum atomic E-state index is -0.866. The molecular weight excluding hydrogens is 196 g/mol. The van der Waals surface area contributed by atoms with Crippen LogP contribution in [0.2, 0.25) is 0 Å². The Labute approximate surface area is 87.9 Å². The number of rotatable bonds is 1. The van der Waals surface area contributed by atoms with Crippen LogP contribution in [0, 0.1) is 11.8 Å². The fourth-order valence-corrected chi connectivity index (χ4v) is 2.27. The summed E-state index contributed by atoms with van der Waals surface area (Å²) in [5, 5.41) is 8.95. The largest absolute Gasteiger partial charge is 0.478 e. The minimum absolute atomic E-state index is 0.0242. The van der Waals surface area contributed by atoms with E-state index in [1.54, 1.807) is 6.08 Å². The number of carbonyl (C=O) groups excluding carboxylic acids is 1. The van der Waals surface area contributed by atoms with Gasteiger partial charge in [-0.2, -0.15) is 0 Å². The average molecular weight is 210 g/mol. The number of fused-ring (bicyclic) bond motifs is 1. The van der Waals surface area contributed by atoms with Crippen LogP contribution in [0.4, 0.5) is 0 Å². The molecule has 0 aromatic carbocycles. The summed E-state index contributed by atoms with van der Waals surface area (Å²) in [4.78, 5) is 22.2. The summed E-state index contributed by atoms with van der Waals surface area (Å²) in [6, 6.07) is 0. The van der Waals surface area contributed by atoms with E-state index in [0.29, 0.717) is 18.6 Å². The van der Waals surface area contributed by atoms with E-state index in [1.807, 2.05) is 0 Å². The van der Waals surface area contributed by atoms with Gasteiger partial charge in [-0.3, -0.25) is 4.79 Å². The lowest BCUT2D eigenvalue weighted by Crippen LogP contribution is -2.17. The zero-order valence-corrected chi connectivity index (χ0v) is 8.44. The van der Waals surface area contributed by atoms with Gasteiger partial charge in [-0.05, 0) is 19.3 Å². The van der Waals surface area contributed by atoms with Crippen LogP contribution in [0.5, 0.6) is 0 Å². The summed E-state index contributed by atoms with van der Waals surface area (Å²) in [7, 11) is 0. The Bertz CT molecular complexity index is 319. The van der Waals surface area contributed by atoms with Gasteiger partial charge in [-0.1, -0.05) is 12.5 Å². The Morgan fingerprint density at radius 3 is 3.00 bits per heavy atom. The second-order valence-corrected chi connectivity index (χ2v) is 4.14. The maximum absolute atomic E-state index is 11.4. The third-order valence-electron chi connectivity index (χ3n) is 3.14. The first kappa shape index (κ1) is 10.2. The lowest BCUT2D eigenvalue weighted by molar-refractivity contribution is -0.141. The van der Waals surface area contributed by atoms with Crippen molar-refractivity contribution < 1.29 is 19.4 Å². The predicted octanol–water partition coefficient (Wildman–Crippen LogP) is 1.36. The van der Waals surface area contributed by atoms with E-state index in [0.717, 1.165) is 19.3 Å². The fourth-order valence-electron chi connectivity index (χ4n) is 2.27. The second kappa shape index (κ2) is 4.04. The van der Waals surface area contributed by atoms with Gasteiger partial charge >= 0.3 is 11.9 Å². The van der Waals surface area contributed by atoms with Crippen LogP contribution in [0.1, 0.15) is 25.7 Å². The van der Waals surface area contributed by atoms with E-state index in [2.05, 4.69) is 0 Å². The van der Waals surface area contributed by atoms with Gasteiger partial charge in [-0.15, -0.1) is 0 Å². The van der Waals surface area contributed by atoms with Crippen molar-refractivity contribution in [3.63, 3.8) is 0 Å². The van der Waals surface area contributed by atoms with Crippen molar-refractivity contribution in [3.8, 4) is 0 Å². The Morgan fingerprint density at radius 1 is 1.47 bits per heavy atom. The molecule has 2 rings (SSSR count). The number of carbonyl (C=O) groups is 2. The molecule has 2 unspecified atom stereocenters. The highest BCUT2D eigenvalue weighted by Gasteiger charge is 2.36. The molecule has 1 fully saturated rings. The highest BCUT2D eigenvalue weighted by atomic mass is 16.5. The third-order valence-corrected chi connectivity index (χ3v) is 3.14. The van der Waals surface area contributed by atoms with Gasteiger partial charge in [0.05, 0.1) is 12.5 Å². The molecule has 0 saturated carbocycles. The molecule has 0 bridgehead atoms. The van der Waals surface area contributed by atoms with Crippen molar-refractivity contribution in [2.45, 2.75) is 25.7 Å². The van der Waals surface area contributed by atoms with E-state index >= 15 is 0 Å². The van der Waals surface area contributed by atoms with Crippen LogP contribution < -0.4 is 0 Å². The van der Waals surface area contributed by atoms with E-state index in [4.69, 9.17) is 9.84 Å². The maximum Gasteiger partial charge on any atom is 0.331 e. The fraction of sp³-hybridized carbons (Fsp3) is 0.636. The van der Waals surface area contributed by atoms with Gasteiger partial charge in [0, 0.05) is 11.5 Å². The number of hydrogen-bond acceptors (Lipinski definition) is 3. The van der Waals surface area contributed by atoms with Gasteiger partial charge < -0.3 is 9.84 Å². The van der Waals surface area contributed by atoms with Crippen LogP contribution in [-0.4, -0.2) is 23.7 Å². The first-order valence-corrected chi connectivity index (χ1v) is 5.29. The average Bonchev–Trinajstić information content (AvgIpc) is 2.45. The van der Waals surface area contributed by atoms with Gasteiger partial charge in [0.25, 0.3) is 0 Å². The van der Waals surface area contributed by atoms with Crippen molar-refractivity contribution >= 4 is 11.9 Å². The molecule has 0 aromatic rings.